The Bertz CT molecular complexity index is 160. The van der Waals surface area contributed by atoms with E-state index in [1.54, 1.807) is 0 Å². The van der Waals surface area contributed by atoms with Crippen LogP contribution in [0.25, 0.3) is 0 Å². The van der Waals surface area contributed by atoms with Crippen LogP contribution in [0.5, 0.6) is 0 Å². The van der Waals surface area contributed by atoms with Crippen molar-refractivity contribution in [1.82, 2.24) is 5.32 Å². The topological polar surface area (TPSA) is 35.8 Å². The van der Waals surface area contributed by atoms with E-state index in [9.17, 15) is 0 Å². The SMILES string of the molecule is CCCCC(CC)NC(CC)CC#N. The van der Waals surface area contributed by atoms with Crippen molar-refractivity contribution >= 4 is 0 Å². The van der Waals surface area contributed by atoms with Crippen LogP contribution in [0, 0.1) is 11.3 Å². The van der Waals surface area contributed by atoms with Crippen molar-refractivity contribution in [2.24, 2.45) is 0 Å². The number of unbranched alkanes of at least 4 members (excludes halogenated alkanes) is 1. The molecule has 0 spiro atoms. The van der Waals surface area contributed by atoms with E-state index in [0.717, 1.165) is 6.42 Å². The molecule has 2 nitrogen and oxygen atoms in total. The summed E-state index contributed by atoms with van der Waals surface area (Å²) in [6.45, 7) is 6.58. The molecule has 0 aliphatic carbocycles. The summed E-state index contributed by atoms with van der Waals surface area (Å²) in [4.78, 5) is 0. The molecule has 0 amide bonds. The smallest absolute Gasteiger partial charge is 0.0638 e. The van der Waals surface area contributed by atoms with Crippen LogP contribution in [0.4, 0.5) is 0 Å². The first-order valence-corrected chi connectivity index (χ1v) is 5.91. The molecule has 0 heterocycles. The predicted molar refractivity (Wildman–Crippen MR) is 61.0 cm³/mol. The summed E-state index contributed by atoms with van der Waals surface area (Å²) in [5.74, 6) is 0. The Balaban J connectivity index is 3.82. The van der Waals surface area contributed by atoms with Crippen molar-refractivity contribution in [3.05, 3.63) is 0 Å². The highest BCUT2D eigenvalue weighted by molar-refractivity contribution is 4.82. The Hall–Kier alpha value is -0.550. The summed E-state index contributed by atoms with van der Waals surface area (Å²) in [6, 6.07) is 3.24. The van der Waals surface area contributed by atoms with Crippen molar-refractivity contribution in [2.75, 3.05) is 0 Å². The van der Waals surface area contributed by atoms with Gasteiger partial charge in [0.05, 0.1) is 12.5 Å². The largest absolute Gasteiger partial charge is 0.310 e. The molecule has 0 aliphatic rings. The van der Waals surface area contributed by atoms with Crippen LogP contribution >= 0.6 is 0 Å². The Morgan fingerprint density at radius 3 is 2.21 bits per heavy atom. The highest BCUT2D eigenvalue weighted by Gasteiger charge is 2.11. The lowest BCUT2D eigenvalue weighted by Gasteiger charge is -2.22. The molecule has 0 aliphatic heterocycles. The molecule has 0 saturated carbocycles. The summed E-state index contributed by atoms with van der Waals surface area (Å²) in [5, 5.41) is 12.2. The third kappa shape index (κ3) is 5.99. The van der Waals surface area contributed by atoms with E-state index in [-0.39, 0.29) is 0 Å². The minimum absolute atomic E-state index is 0.391. The third-order valence-electron chi connectivity index (χ3n) is 2.70. The molecule has 0 fully saturated rings. The first-order valence-electron chi connectivity index (χ1n) is 5.91. The van der Waals surface area contributed by atoms with E-state index in [1.165, 1.54) is 25.7 Å². The second kappa shape index (κ2) is 9.02. The minimum Gasteiger partial charge on any atom is -0.310 e. The maximum absolute atomic E-state index is 8.64. The van der Waals surface area contributed by atoms with Crippen LogP contribution in [0.3, 0.4) is 0 Å². The molecule has 0 rings (SSSR count). The fraction of sp³-hybridized carbons (Fsp3) is 0.917. The lowest BCUT2D eigenvalue weighted by Crippen LogP contribution is -2.37. The first-order chi connectivity index (χ1) is 6.78. The lowest BCUT2D eigenvalue weighted by atomic mass is 10.0. The maximum atomic E-state index is 8.64. The number of hydrogen-bond acceptors (Lipinski definition) is 2. The minimum atomic E-state index is 0.391. The summed E-state index contributed by atoms with van der Waals surface area (Å²) >= 11 is 0. The van der Waals surface area contributed by atoms with Crippen LogP contribution in [0.2, 0.25) is 0 Å². The highest BCUT2D eigenvalue weighted by Crippen LogP contribution is 2.07. The molecule has 14 heavy (non-hydrogen) atoms. The Morgan fingerprint density at radius 2 is 1.79 bits per heavy atom. The number of rotatable bonds is 8. The molecular formula is C12H24N2. The normalized spacial score (nSPS) is 14.7. The third-order valence-corrected chi connectivity index (χ3v) is 2.70. The second-order valence-corrected chi connectivity index (χ2v) is 3.88. The van der Waals surface area contributed by atoms with Gasteiger partial charge >= 0.3 is 0 Å². The molecule has 0 aromatic rings. The van der Waals surface area contributed by atoms with Gasteiger partial charge in [0.1, 0.15) is 0 Å². The van der Waals surface area contributed by atoms with E-state index in [0.29, 0.717) is 18.5 Å². The number of nitrogens with one attached hydrogen (secondary N) is 1. The van der Waals surface area contributed by atoms with E-state index in [2.05, 4.69) is 32.2 Å². The summed E-state index contributed by atoms with van der Waals surface area (Å²) in [5.41, 5.74) is 0. The molecule has 82 valence electrons. The van der Waals surface area contributed by atoms with Crippen LogP contribution in [0.1, 0.15) is 59.3 Å². The Morgan fingerprint density at radius 1 is 1.14 bits per heavy atom. The van der Waals surface area contributed by atoms with Crippen molar-refractivity contribution < 1.29 is 0 Å². The van der Waals surface area contributed by atoms with Gasteiger partial charge in [0, 0.05) is 12.1 Å². The van der Waals surface area contributed by atoms with E-state index >= 15 is 0 Å². The zero-order chi connectivity index (χ0) is 10.8. The number of nitriles is 1. The van der Waals surface area contributed by atoms with Gasteiger partial charge in [0.2, 0.25) is 0 Å². The lowest BCUT2D eigenvalue weighted by molar-refractivity contribution is 0.385. The Labute approximate surface area is 88.7 Å². The fourth-order valence-electron chi connectivity index (χ4n) is 1.62. The average Bonchev–Trinajstić information content (AvgIpc) is 2.22. The Kier molecular flexibility index (Phi) is 8.67. The van der Waals surface area contributed by atoms with E-state index in [4.69, 9.17) is 5.26 Å². The monoisotopic (exact) mass is 196 g/mol. The first kappa shape index (κ1) is 13.4. The quantitative estimate of drug-likeness (QED) is 0.647. The van der Waals surface area contributed by atoms with Crippen LogP contribution in [-0.4, -0.2) is 12.1 Å². The zero-order valence-electron chi connectivity index (χ0n) is 9.84. The van der Waals surface area contributed by atoms with Gasteiger partial charge in [0.25, 0.3) is 0 Å². The van der Waals surface area contributed by atoms with Gasteiger partial charge in [0.15, 0.2) is 0 Å². The average molecular weight is 196 g/mol. The highest BCUT2D eigenvalue weighted by atomic mass is 14.9. The van der Waals surface area contributed by atoms with Crippen LogP contribution < -0.4 is 5.32 Å². The van der Waals surface area contributed by atoms with Crippen molar-refractivity contribution in [3.8, 4) is 6.07 Å². The summed E-state index contributed by atoms with van der Waals surface area (Å²) < 4.78 is 0. The number of nitrogens with zero attached hydrogens (tertiary/aromatic N) is 1. The molecule has 2 atom stereocenters. The van der Waals surface area contributed by atoms with Gasteiger partial charge in [-0.1, -0.05) is 33.6 Å². The van der Waals surface area contributed by atoms with Gasteiger partial charge in [-0.3, -0.25) is 0 Å². The predicted octanol–water partition coefficient (Wildman–Crippen LogP) is 3.24. The van der Waals surface area contributed by atoms with Gasteiger partial charge in [-0.25, -0.2) is 0 Å². The molecule has 0 bridgehead atoms. The molecule has 1 N–H and O–H groups in total. The van der Waals surface area contributed by atoms with Gasteiger partial charge in [-0.05, 0) is 19.3 Å². The van der Waals surface area contributed by atoms with Crippen molar-refractivity contribution in [2.45, 2.75) is 71.4 Å². The van der Waals surface area contributed by atoms with Crippen LogP contribution in [0.15, 0.2) is 0 Å². The van der Waals surface area contributed by atoms with E-state index < -0.39 is 0 Å². The maximum Gasteiger partial charge on any atom is 0.0638 e. The van der Waals surface area contributed by atoms with Gasteiger partial charge in [-0.15, -0.1) is 0 Å². The van der Waals surface area contributed by atoms with Gasteiger partial charge in [-0.2, -0.15) is 5.26 Å². The molecule has 2 heteroatoms. The van der Waals surface area contributed by atoms with Crippen molar-refractivity contribution in [1.29, 1.82) is 5.26 Å². The summed E-state index contributed by atoms with van der Waals surface area (Å²) in [7, 11) is 0. The summed E-state index contributed by atoms with van der Waals surface area (Å²) in [6.07, 6.45) is 6.65. The molecule has 0 aromatic heterocycles. The van der Waals surface area contributed by atoms with Crippen LogP contribution in [-0.2, 0) is 0 Å². The standard InChI is InChI=1S/C12H24N2/c1-4-7-8-11(5-2)14-12(6-3)9-10-13/h11-12,14H,4-9H2,1-3H3. The molecule has 0 radical (unpaired) electrons. The zero-order valence-corrected chi connectivity index (χ0v) is 9.84. The van der Waals surface area contributed by atoms with Gasteiger partial charge < -0.3 is 5.32 Å². The number of hydrogen-bond donors (Lipinski definition) is 1. The van der Waals surface area contributed by atoms with Crippen molar-refractivity contribution in [3.63, 3.8) is 0 Å². The van der Waals surface area contributed by atoms with E-state index in [1.807, 2.05) is 0 Å². The fourth-order valence-corrected chi connectivity index (χ4v) is 1.62. The molecule has 0 saturated heterocycles. The molecule has 2 unspecified atom stereocenters. The second-order valence-electron chi connectivity index (χ2n) is 3.88. The molecule has 0 aromatic carbocycles. The molecular weight excluding hydrogens is 172 g/mol.